The maximum absolute atomic E-state index is 13.0. The van der Waals surface area contributed by atoms with Gasteiger partial charge >= 0.3 is 6.03 Å². The molecule has 2 rings (SSSR count). The van der Waals surface area contributed by atoms with Gasteiger partial charge in [0.25, 0.3) is 0 Å². The Morgan fingerprint density at radius 1 is 1.18 bits per heavy atom. The third-order valence-electron chi connectivity index (χ3n) is 2.95. The van der Waals surface area contributed by atoms with E-state index in [4.69, 9.17) is 11.6 Å². The molecule has 2 amide bonds. The predicted octanol–water partition coefficient (Wildman–Crippen LogP) is 3.99. The van der Waals surface area contributed by atoms with Crippen LogP contribution in [-0.4, -0.2) is 12.6 Å². The van der Waals surface area contributed by atoms with Crippen molar-refractivity contribution in [3.05, 3.63) is 76.7 Å². The van der Waals surface area contributed by atoms with Crippen molar-refractivity contribution in [2.24, 2.45) is 0 Å². The van der Waals surface area contributed by atoms with E-state index in [0.29, 0.717) is 18.0 Å². The molecule has 2 aromatic rings. The first kappa shape index (κ1) is 16.0. The van der Waals surface area contributed by atoms with E-state index in [-0.39, 0.29) is 11.8 Å². The van der Waals surface area contributed by atoms with Crippen molar-refractivity contribution in [2.45, 2.75) is 6.42 Å². The average molecular weight is 319 g/mol. The third kappa shape index (κ3) is 5.58. The first-order valence-corrected chi connectivity index (χ1v) is 7.22. The fourth-order valence-electron chi connectivity index (χ4n) is 1.85. The zero-order valence-corrected chi connectivity index (χ0v) is 12.6. The minimum Gasteiger partial charge on any atom is -0.338 e. The lowest BCUT2D eigenvalue weighted by atomic mass is 10.1. The second-order valence-electron chi connectivity index (χ2n) is 4.67. The molecule has 0 unspecified atom stereocenters. The Hall–Kier alpha value is -2.33. The lowest BCUT2D eigenvalue weighted by Gasteiger charge is -2.05. The van der Waals surface area contributed by atoms with Gasteiger partial charge in [0.15, 0.2) is 0 Å². The van der Waals surface area contributed by atoms with Crippen LogP contribution in [0.4, 0.5) is 9.18 Å². The number of hydrogen-bond donors (Lipinski definition) is 2. The minimum absolute atomic E-state index is 0.271. The Bertz CT molecular complexity index is 656. The van der Waals surface area contributed by atoms with Crippen molar-refractivity contribution in [1.82, 2.24) is 10.6 Å². The van der Waals surface area contributed by atoms with Gasteiger partial charge in [-0.25, -0.2) is 9.18 Å². The smallest absolute Gasteiger partial charge is 0.318 e. The second kappa shape index (κ2) is 8.20. The fraction of sp³-hybridized carbons (Fsp3) is 0.118. The molecule has 0 aliphatic rings. The number of urea groups is 1. The molecule has 0 aliphatic heterocycles. The standard InChI is InChI=1S/C17H16ClFN2O/c18-15-6-4-13(5-7-15)8-10-20-17(22)21-11-9-14-2-1-3-16(19)12-14/h1-8,10,12H,9,11H2,(H2,20,21,22)/b10-8+. The summed E-state index contributed by atoms with van der Waals surface area (Å²) in [4.78, 5) is 11.6. The zero-order valence-electron chi connectivity index (χ0n) is 11.9. The predicted molar refractivity (Wildman–Crippen MR) is 87.1 cm³/mol. The molecule has 3 nitrogen and oxygen atoms in total. The second-order valence-corrected chi connectivity index (χ2v) is 5.10. The summed E-state index contributed by atoms with van der Waals surface area (Å²) in [7, 11) is 0. The number of rotatable bonds is 5. The van der Waals surface area contributed by atoms with Crippen LogP contribution >= 0.6 is 11.6 Å². The van der Waals surface area contributed by atoms with Crippen LogP contribution in [0.3, 0.4) is 0 Å². The van der Waals surface area contributed by atoms with Gasteiger partial charge < -0.3 is 10.6 Å². The third-order valence-corrected chi connectivity index (χ3v) is 3.20. The van der Waals surface area contributed by atoms with Crippen LogP contribution in [0.15, 0.2) is 54.7 Å². The molecule has 0 bridgehead atoms. The van der Waals surface area contributed by atoms with Gasteiger partial charge in [0.2, 0.25) is 0 Å². The molecule has 0 saturated carbocycles. The number of amides is 2. The Morgan fingerprint density at radius 3 is 2.68 bits per heavy atom. The van der Waals surface area contributed by atoms with Gasteiger partial charge in [0.05, 0.1) is 0 Å². The highest BCUT2D eigenvalue weighted by Crippen LogP contribution is 2.10. The van der Waals surface area contributed by atoms with Gasteiger partial charge in [0.1, 0.15) is 5.82 Å². The maximum atomic E-state index is 13.0. The SMILES string of the molecule is O=C(N/C=C/c1ccc(Cl)cc1)NCCc1cccc(F)c1. The molecule has 0 spiro atoms. The van der Waals surface area contributed by atoms with Crippen LogP contribution in [0.25, 0.3) is 6.08 Å². The molecule has 0 saturated heterocycles. The highest BCUT2D eigenvalue weighted by molar-refractivity contribution is 6.30. The number of carbonyl (C=O) groups is 1. The van der Waals surface area contributed by atoms with Crippen LogP contribution in [0.2, 0.25) is 5.02 Å². The van der Waals surface area contributed by atoms with E-state index in [1.807, 2.05) is 18.2 Å². The van der Waals surface area contributed by atoms with E-state index in [1.54, 1.807) is 30.5 Å². The van der Waals surface area contributed by atoms with Crippen molar-refractivity contribution in [2.75, 3.05) is 6.54 Å². The lowest BCUT2D eigenvalue weighted by Crippen LogP contribution is -2.33. The molecule has 2 N–H and O–H groups in total. The number of benzene rings is 2. The average Bonchev–Trinajstić information content (AvgIpc) is 2.49. The van der Waals surface area contributed by atoms with E-state index >= 15 is 0 Å². The molecule has 22 heavy (non-hydrogen) atoms. The van der Waals surface area contributed by atoms with E-state index in [1.165, 1.54) is 12.1 Å². The van der Waals surface area contributed by atoms with E-state index in [9.17, 15) is 9.18 Å². The molecule has 0 heterocycles. The number of carbonyl (C=O) groups excluding carboxylic acids is 1. The van der Waals surface area contributed by atoms with Crippen molar-refractivity contribution < 1.29 is 9.18 Å². The first-order chi connectivity index (χ1) is 10.6. The molecular formula is C17H16ClFN2O. The summed E-state index contributed by atoms with van der Waals surface area (Å²) in [5.41, 5.74) is 1.78. The normalized spacial score (nSPS) is 10.6. The van der Waals surface area contributed by atoms with Crippen LogP contribution in [0.1, 0.15) is 11.1 Å². The molecule has 0 fully saturated rings. The quantitative estimate of drug-likeness (QED) is 0.860. The van der Waals surface area contributed by atoms with E-state index in [2.05, 4.69) is 10.6 Å². The van der Waals surface area contributed by atoms with Gasteiger partial charge in [-0.1, -0.05) is 35.9 Å². The largest absolute Gasteiger partial charge is 0.338 e. The lowest BCUT2D eigenvalue weighted by molar-refractivity contribution is 0.244. The minimum atomic E-state index is -0.304. The molecule has 0 radical (unpaired) electrons. The van der Waals surface area contributed by atoms with Crippen molar-refractivity contribution >= 4 is 23.7 Å². The Balaban J connectivity index is 1.70. The van der Waals surface area contributed by atoms with Crippen molar-refractivity contribution in [3.63, 3.8) is 0 Å². The Morgan fingerprint density at radius 2 is 1.95 bits per heavy atom. The van der Waals surface area contributed by atoms with E-state index < -0.39 is 0 Å². The topological polar surface area (TPSA) is 41.1 Å². The van der Waals surface area contributed by atoms with Gasteiger partial charge in [-0.15, -0.1) is 0 Å². The Labute approximate surface area is 133 Å². The summed E-state index contributed by atoms with van der Waals surface area (Å²) >= 11 is 5.79. The molecular weight excluding hydrogens is 303 g/mol. The highest BCUT2D eigenvalue weighted by Gasteiger charge is 1.98. The zero-order chi connectivity index (χ0) is 15.8. The highest BCUT2D eigenvalue weighted by atomic mass is 35.5. The number of nitrogens with one attached hydrogen (secondary N) is 2. The van der Waals surface area contributed by atoms with Gasteiger partial charge in [-0.05, 0) is 47.9 Å². The van der Waals surface area contributed by atoms with Crippen LogP contribution < -0.4 is 10.6 Å². The van der Waals surface area contributed by atoms with Crippen molar-refractivity contribution in [3.8, 4) is 0 Å². The summed E-state index contributed by atoms with van der Waals surface area (Å²) < 4.78 is 13.0. The number of halogens is 2. The summed E-state index contributed by atoms with van der Waals surface area (Å²) in [5, 5.41) is 5.97. The molecule has 0 aromatic heterocycles. The van der Waals surface area contributed by atoms with E-state index in [0.717, 1.165) is 11.1 Å². The van der Waals surface area contributed by atoms with Crippen LogP contribution in [-0.2, 0) is 6.42 Å². The molecule has 114 valence electrons. The summed E-state index contributed by atoms with van der Waals surface area (Å²) in [5.74, 6) is -0.271. The van der Waals surface area contributed by atoms with Crippen molar-refractivity contribution in [1.29, 1.82) is 0 Å². The summed E-state index contributed by atoms with van der Waals surface area (Å²) in [6, 6.07) is 13.3. The van der Waals surface area contributed by atoms with Gasteiger partial charge in [-0.2, -0.15) is 0 Å². The first-order valence-electron chi connectivity index (χ1n) is 6.84. The fourth-order valence-corrected chi connectivity index (χ4v) is 1.98. The maximum Gasteiger partial charge on any atom is 0.318 e. The van der Waals surface area contributed by atoms with Crippen LogP contribution in [0.5, 0.6) is 0 Å². The molecule has 0 atom stereocenters. The van der Waals surface area contributed by atoms with Gasteiger partial charge in [0, 0.05) is 17.8 Å². The van der Waals surface area contributed by atoms with Gasteiger partial charge in [-0.3, -0.25) is 0 Å². The molecule has 2 aromatic carbocycles. The monoisotopic (exact) mass is 318 g/mol. The summed E-state index contributed by atoms with van der Waals surface area (Å²) in [6.45, 7) is 0.435. The Kier molecular flexibility index (Phi) is 5.98. The summed E-state index contributed by atoms with van der Waals surface area (Å²) in [6.07, 6.45) is 3.90. The van der Waals surface area contributed by atoms with Crippen LogP contribution in [0, 0.1) is 5.82 Å². The molecule has 0 aliphatic carbocycles. The number of hydrogen-bond acceptors (Lipinski definition) is 1. The molecule has 5 heteroatoms.